The van der Waals surface area contributed by atoms with Crippen LogP contribution in [0.1, 0.15) is 52.9 Å². The molecule has 104 valence electrons. The number of aliphatic hydroxyl groups is 1. The Kier molecular flexibility index (Phi) is 12.3. The molecule has 0 aromatic heterocycles. The maximum Gasteiger partial charge on any atom is 0.0776 e. The number of aliphatic hydroxyl groups excluding tert-OH is 1. The summed E-state index contributed by atoms with van der Waals surface area (Å²) in [7, 11) is 0. The second kappa shape index (κ2) is 12.3. The van der Waals surface area contributed by atoms with Crippen molar-refractivity contribution < 1.29 is 14.6 Å². The zero-order valence-electron chi connectivity index (χ0n) is 11.8. The fraction of sp³-hybridized carbons (Fsp3) is 1.00. The van der Waals surface area contributed by atoms with E-state index in [0.717, 1.165) is 19.4 Å². The van der Waals surface area contributed by atoms with E-state index in [2.05, 4.69) is 13.8 Å². The molecule has 0 radical (unpaired) electrons. The summed E-state index contributed by atoms with van der Waals surface area (Å²) in [6, 6.07) is 0. The molecular formula is C14H30O3. The van der Waals surface area contributed by atoms with E-state index < -0.39 is 0 Å². The van der Waals surface area contributed by atoms with Gasteiger partial charge in [0.25, 0.3) is 0 Å². The molecule has 0 amide bonds. The SMILES string of the molecule is CCCCC(CC)CC(O)COCCOCC. The zero-order chi connectivity index (χ0) is 12.9. The molecule has 0 rings (SSSR count). The van der Waals surface area contributed by atoms with Crippen molar-refractivity contribution >= 4 is 0 Å². The maximum absolute atomic E-state index is 9.84. The van der Waals surface area contributed by atoms with E-state index in [1.54, 1.807) is 0 Å². The van der Waals surface area contributed by atoms with Crippen molar-refractivity contribution in [2.24, 2.45) is 5.92 Å². The largest absolute Gasteiger partial charge is 0.391 e. The molecular weight excluding hydrogens is 216 g/mol. The number of hydrogen-bond donors (Lipinski definition) is 1. The summed E-state index contributed by atoms with van der Waals surface area (Å²) in [5.74, 6) is 0.639. The first-order chi connectivity index (χ1) is 8.24. The summed E-state index contributed by atoms with van der Waals surface area (Å²) in [5, 5.41) is 9.84. The van der Waals surface area contributed by atoms with Crippen LogP contribution in [0.3, 0.4) is 0 Å². The van der Waals surface area contributed by atoms with Crippen molar-refractivity contribution in [2.45, 2.75) is 59.0 Å². The van der Waals surface area contributed by atoms with Crippen LogP contribution < -0.4 is 0 Å². The van der Waals surface area contributed by atoms with Crippen LogP contribution in [0.4, 0.5) is 0 Å². The van der Waals surface area contributed by atoms with Gasteiger partial charge in [-0.15, -0.1) is 0 Å². The maximum atomic E-state index is 9.84. The van der Waals surface area contributed by atoms with Crippen molar-refractivity contribution in [3.63, 3.8) is 0 Å². The Morgan fingerprint density at radius 2 is 1.76 bits per heavy atom. The zero-order valence-corrected chi connectivity index (χ0v) is 11.8. The lowest BCUT2D eigenvalue weighted by Gasteiger charge is -2.18. The molecule has 0 saturated carbocycles. The number of hydrogen-bond acceptors (Lipinski definition) is 3. The first-order valence-corrected chi connectivity index (χ1v) is 7.08. The quantitative estimate of drug-likeness (QED) is 0.538. The Morgan fingerprint density at radius 1 is 1.06 bits per heavy atom. The molecule has 0 fully saturated rings. The van der Waals surface area contributed by atoms with Gasteiger partial charge in [0.15, 0.2) is 0 Å². The van der Waals surface area contributed by atoms with Crippen LogP contribution in [-0.4, -0.2) is 37.6 Å². The minimum atomic E-state index is -0.321. The monoisotopic (exact) mass is 246 g/mol. The Bertz CT molecular complexity index is 150. The van der Waals surface area contributed by atoms with Gasteiger partial charge in [0.1, 0.15) is 0 Å². The number of rotatable bonds is 12. The van der Waals surface area contributed by atoms with Gasteiger partial charge < -0.3 is 14.6 Å². The van der Waals surface area contributed by atoms with Crippen LogP contribution in [-0.2, 0) is 9.47 Å². The second-order valence-corrected chi connectivity index (χ2v) is 4.58. The molecule has 0 aliphatic carbocycles. The average Bonchev–Trinajstić information content (AvgIpc) is 2.34. The fourth-order valence-corrected chi connectivity index (χ4v) is 1.92. The second-order valence-electron chi connectivity index (χ2n) is 4.58. The lowest BCUT2D eigenvalue weighted by atomic mass is 9.93. The van der Waals surface area contributed by atoms with Crippen LogP contribution in [0.15, 0.2) is 0 Å². The first kappa shape index (κ1) is 16.9. The van der Waals surface area contributed by atoms with Crippen molar-refractivity contribution in [1.82, 2.24) is 0 Å². The minimum absolute atomic E-state index is 0.321. The summed E-state index contributed by atoms with van der Waals surface area (Å²) in [5.41, 5.74) is 0. The molecule has 0 bridgehead atoms. The molecule has 2 atom stereocenters. The number of ether oxygens (including phenoxy) is 2. The van der Waals surface area contributed by atoms with Gasteiger partial charge in [0, 0.05) is 6.61 Å². The minimum Gasteiger partial charge on any atom is -0.391 e. The molecule has 2 unspecified atom stereocenters. The molecule has 0 aromatic carbocycles. The van der Waals surface area contributed by atoms with Crippen LogP contribution in [0.2, 0.25) is 0 Å². The summed E-state index contributed by atoms with van der Waals surface area (Å²) in [4.78, 5) is 0. The van der Waals surface area contributed by atoms with Gasteiger partial charge in [-0.3, -0.25) is 0 Å². The third-order valence-electron chi connectivity index (χ3n) is 3.04. The molecule has 0 saturated heterocycles. The molecule has 17 heavy (non-hydrogen) atoms. The predicted molar refractivity (Wildman–Crippen MR) is 71.2 cm³/mol. The molecule has 3 nitrogen and oxygen atoms in total. The molecule has 0 aliphatic rings. The van der Waals surface area contributed by atoms with Crippen LogP contribution in [0.25, 0.3) is 0 Å². The van der Waals surface area contributed by atoms with E-state index in [1.807, 2.05) is 6.92 Å². The molecule has 3 heteroatoms. The highest BCUT2D eigenvalue weighted by Crippen LogP contribution is 2.18. The van der Waals surface area contributed by atoms with E-state index in [4.69, 9.17) is 9.47 Å². The van der Waals surface area contributed by atoms with Crippen molar-refractivity contribution in [3.05, 3.63) is 0 Å². The third kappa shape index (κ3) is 10.7. The predicted octanol–water partition coefficient (Wildman–Crippen LogP) is 3.01. The van der Waals surface area contributed by atoms with E-state index >= 15 is 0 Å². The van der Waals surface area contributed by atoms with Crippen molar-refractivity contribution in [2.75, 3.05) is 26.4 Å². The first-order valence-electron chi connectivity index (χ1n) is 7.08. The summed E-state index contributed by atoms with van der Waals surface area (Å²) >= 11 is 0. The highest BCUT2D eigenvalue weighted by molar-refractivity contribution is 4.64. The van der Waals surface area contributed by atoms with Crippen LogP contribution in [0, 0.1) is 5.92 Å². The lowest BCUT2D eigenvalue weighted by Crippen LogP contribution is -2.20. The fourth-order valence-electron chi connectivity index (χ4n) is 1.92. The van der Waals surface area contributed by atoms with E-state index in [1.165, 1.54) is 19.3 Å². The molecule has 0 heterocycles. The Morgan fingerprint density at radius 3 is 2.35 bits per heavy atom. The molecule has 0 aromatic rings. The van der Waals surface area contributed by atoms with Gasteiger partial charge in [-0.25, -0.2) is 0 Å². The molecule has 1 N–H and O–H groups in total. The Hall–Kier alpha value is -0.120. The third-order valence-corrected chi connectivity index (χ3v) is 3.04. The highest BCUT2D eigenvalue weighted by Gasteiger charge is 2.12. The normalized spacial score (nSPS) is 14.8. The summed E-state index contributed by atoms with van der Waals surface area (Å²) in [6.45, 7) is 8.74. The van der Waals surface area contributed by atoms with Crippen molar-refractivity contribution in [1.29, 1.82) is 0 Å². The Labute approximate surface area is 107 Å². The van der Waals surface area contributed by atoms with Gasteiger partial charge in [0.2, 0.25) is 0 Å². The topological polar surface area (TPSA) is 38.7 Å². The Balaban J connectivity index is 3.49. The smallest absolute Gasteiger partial charge is 0.0776 e. The highest BCUT2D eigenvalue weighted by atomic mass is 16.5. The average molecular weight is 246 g/mol. The van der Waals surface area contributed by atoms with E-state index in [-0.39, 0.29) is 6.10 Å². The van der Waals surface area contributed by atoms with E-state index in [9.17, 15) is 5.11 Å². The summed E-state index contributed by atoms with van der Waals surface area (Å²) in [6.07, 6.45) is 5.41. The van der Waals surface area contributed by atoms with E-state index in [0.29, 0.717) is 25.7 Å². The number of unbranched alkanes of at least 4 members (excludes halogenated alkanes) is 1. The van der Waals surface area contributed by atoms with Crippen LogP contribution >= 0.6 is 0 Å². The molecule has 0 spiro atoms. The van der Waals surface area contributed by atoms with Crippen LogP contribution in [0.5, 0.6) is 0 Å². The summed E-state index contributed by atoms with van der Waals surface area (Å²) < 4.78 is 10.5. The van der Waals surface area contributed by atoms with Gasteiger partial charge in [-0.05, 0) is 19.3 Å². The molecule has 0 aliphatic heterocycles. The van der Waals surface area contributed by atoms with Gasteiger partial charge >= 0.3 is 0 Å². The van der Waals surface area contributed by atoms with Gasteiger partial charge in [-0.1, -0.05) is 39.5 Å². The standard InChI is InChI=1S/C14H30O3/c1-4-7-8-13(5-2)11-14(15)12-17-10-9-16-6-3/h13-15H,4-12H2,1-3H3. The lowest BCUT2D eigenvalue weighted by molar-refractivity contribution is -0.00247. The van der Waals surface area contributed by atoms with Gasteiger partial charge in [-0.2, -0.15) is 0 Å². The van der Waals surface area contributed by atoms with Crippen molar-refractivity contribution in [3.8, 4) is 0 Å². The van der Waals surface area contributed by atoms with Gasteiger partial charge in [0.05, 0.1) is 25.9 Å².